The molecule has 0 fully saturated rings. The molecule has 0 saturated heterocycles. The van der Waals surface area contributed by atoms with Crippen molar-refractivity contribution >= 4 is 11.3 Å². The molecule has 0 amide bonds. The van der Waals surface area contributed by atoms with Crippen molar-refractivity contribution in [3.63, 3.8) is 0 Å². The van der Waals surface area contributed by atoms with Gasteiger partial charge in [0, 0.05) is 30.4 Å². The van der Waals surface area contributed by atoms with Crippen molar-refractivity contribution < 1.29 is 5.11 Å². The molecule has 3 nitrogen and oxygen atoms in total. The second-order valence-electron chi connectivity index (χ2n) is 4.26. The highest BCUT2D eigenvalue weighted by molar-refractivity contribution is 7.12. The van der Waals surface area contributed by atoms with Gasteiger partial charge >= 0.3 is 0 Å². The van der Waals surface area contributed by atoms with Crippen LogP contribution < -0.4 is 0 Å². The van der Waals surface area contributed by atoms with Crippen molar-refractivity contribution in [2.75, 3.05) is 13.7 Å². The van der Waals surface area contributed by atoms with Gasteiger partial charge in [-0.05, 0) is 30.8 Å². The molecule has 0 aliphatic carbocycles. The summed E-state index contributed by atoms with van der Waals surface area (Å²) in [5.74, 6) is 5.59. The summed E-state index contributed by atoms with van der Waals surface area (Å²) in [6.07, 6.45) is 3.68. The lowest BCUT2D eigenvalue weighted by Gasteiger charge is -2.15. The van der Waals surface area contributed by atoms with Crippen LogP contribution in [0.1, 0.15) is 15.3 Å². The van der Waals surface area contributed by atoms with Gasteiger partial charge in [-0.15, -0.1) is 11.3 Å². The lowest BCUT2D eigenvalue weighted by molar-refractivity contribution is 0.321. The number of pyridine rings is 1. The third kappa shape index (κ3) is 4.49. The van der Waals surface area contributed by atoms with E-state index in [0.29, 0.717) is 0 Å². The van der Waals surface area contributed by atoms with E-state index in [9.17, 15) is 0 Å². The average molecular weight is 272 g/mol. The summed E-state index contributed by atoms with van der Waals surface area (Å²) in [5, 5.41) is 8.66. The van der Waals surface area contributed by atoms with E-state index in [4.69, 9.17) is 5.11 Å². The number of aliphatic hydroxyl groups is 1. The van der Waals surface area contributed by atoms with Gasteiger partial charge in [-0.2, -0.15) is 0 Å². The molecule has 0 atom stereocenters. The normalized spacial score (nSPS) is 10.3. The number of hydrogen-bond acceptors (Lipinski definition) is 4. The van der Waals surface area contributed by atoms with Crippen molar-refractivity contribution in [1.82, 2.24) is 9.88 Å². The highest BCUT2D eigenvalue weighted by atomic mass is 32.1. The van der Waals surface area contributed by atoms with Crippen LogP contribution in [0, 0.1) is 11.8 Å². The fourth-order valence-corrected chi connectivity index (χ4v) is 2.74. The van der Waals surface area contributed by atoms with Crippen LogP contribution in [0.5, 0.6) is 0 Å². The first-order valence-electron chi connectivity index (χ1n) is 6.04. The Kier molecular flexibility index (Phi) is 5.10. The molecule has 4 heteroatoms. The van der Waals surface area contributed by atoms with E-state index in [2.05, 4.69) is 40.9 Å². The molecule has 19 heavy (non-hydrogen) atoms. The third-order valence-corrected chi connectivity index (χ3v) is 3.54. The molecule has 0 bridgehead atoms. The SMILES string of the molecule is CN(Cc1cccnc1)Cc1ccc(C#CCO)s1. The van der Waals surface area contributed by atoms with Crippen molar-refractivity contribution in [2.45, 2.75) is 13.1 Å². The third-order valence-electron chi connectivity index (χ3n) is 2.55. The fraction of sp³-hybridized carbons (Fsp3) is 0.267. The van der Waals surface area contributed by atoms with Crippen LogP contribution in [0.3, 0.4) is 0 Å². The molecule has 1 N–H and O–H groups in total. The molecular weight excluding hydrogens is 256 g/mol. The Morgan fingerprint density at radius 2 is 2.21 bits per heavy atom. The van der Waals surface area contributed by atoms with E-state index < -0.39 is 0 Å². The molecule has 0 radical (unpaired) electrons. The first kappa shape index (κ1) is 13.8. The van der Waals surface area contributed by atoms with Crippen LogP contribution >= 0.6 is 11.3 Å². The lowest BCUT2D eigenvalue weighted by atomic mass is 10.2. The maximum absolute atomic E-state index is 8.66. The minimum absolute atomic E-state index is 0.0891. The second-order valence-corrected chi connectivity index (χ2v) is 5.43. The summed E-state index contributed by atoms with van der Waals surface area (Å²) in [7, 11) is 2.09. The van der Waals surface area contributed by atoms with Gasteiger partial charge in [0.25, 0.3) is 0 Å². The summed E-state index contributed by atoms with van der Waals surface area (Å²) in [6.45, 7) is 1.68. The van der Waals surface area contributed by atoms with Crippen LogP contribution in [0.2, 0.25) is 0 Å². The minimum Gasteiger partial charge on any atom is -0.384 e. The number of rotatable bonds is 4. The maximum atomic E-state index is 8.66. The van der Waals surface area contributed by atoms with Gasteiger partial charge in [0.1, 0.15) is 6.61 Å². The molecule has 0 saturated carbocycles. The monoisotopic (exact) mass is 272 g/mol. The number of aliphatic hydroxyl groups excluding tert-OH is 1. The zero-order valence-corrected chi connectivity index (χ0v) is 11.7. The van der Waals surface area contributed by atoms with Crippen molar-refractivity contribution in [1.29, 1.82) is 0 Å². The molecule has 0 spiro atoms. The first-order chi connectivity index (χ1) is 9.28. The van der Waals surface area contributed by atoms with Crippen molar-refractivity contribution in [3.8, 4) is 11.8 Å². The number of nitrogens with zero attached hydrogens (tertiary/aromatic N) is 2. The van der Waals surface area contributed by atoms with Crippen LogP contribution in [0.4, 0.5) is 0 Å². The van der Waals surface area contributed by atoms with Crippen LogP contribution in [-0.4, -0.2) is 28.6 Å². The van der Waals surface area contributed by atoms with Crippen molar-refractivity contribution in [2.24, 2.45) is 0 Å². The van der Waals surface area contributed by atoms with Gasteiger partial charge in [0.15, 0.2) is 0 Å². The van der Waals surface area contributed by atoms with Gasteiger partial charge in [-0.1, -0.05) is 17.9 Å². The molecule has 2 rings (SSSR count). The summed E-state index contributed by atoms with van der Waals surface area (Å²) in [6, 6.07) is 8.12. The molecular formula is C15H16N2OS. The van der Waals surface area contributed by atoms with Crippen LogP contribution in [0.25, 0.3) is 0 Å². The number of thiophene rings is 1. The highest BCUT2D eigenvalue weighted by Crippen LogP contribution is 2.17. The topological polar surface area (TPSA) is 36.4 Å². The fourth-order valence-electron chi connectivity index (χ4n) is 1.78. The smallest absolute Gasteiger partial charge is 0.104 e. The summed E-state index contributed by atoms with van der Waals surface area (Å²) in [5.41, 5.74) is 1.21. The van der Waals surface area contributed by atoms with Gasteiger partial charge in [0.05, 0.1) is 4.88 Å². The first-order valence-corrected chi connectivity index (χ1v) is 6.85. The van der Waals surface area contributed by atoms with Gasteiger partial charge in [-0.3, -0.25) is 9.88 Å². The Morgan fingerprint density at radius 1 is 1.32 bits per heavy atom. The summed E-state index contributed by atoms with van der Waals surface area (Å²) < 4.78 is 0. The molecule has 2 heterocycles. The molecule has 2 aromatic heterocycles. The number of aromatic nitrogens is 1. The van der Waals surface area contributed by atoms with Crippen LogP contribution in [-0.2, 0) is 13.1 Å². The Morgan fingerprint density at radius 3 is 2.95 bits per heavy atom. The predicted molar refractivity (Wildman–Crippen MR) is 77.7 cm³/mol. The highest BCUT2D eigenvalue weighted by Gasteiger charge is 2.04. The Labute approximate surface area is 117 Å². The summed E-state index contributed by atoms with van der Waals surface area (Å²) >= 11 is 1.67. The minimum atomic E-state index is -0.0891. The van der Waals surface area contributed by atoms with Crippen molar-refractivity contribution in [3.05, 3.63) is 52.0 Å². The van der Waals surface area contributed by atoms with Gasteiger partial charge < -0.3 is 5.11 Å². The molecule has 0 aliphatic rings. The lowest BCUT2D eigenvalue weighted by Crippen LogP contribution is -2.16. The van der Waals surface area contributed by atoms with E-state index in [-0.39, 0.29) is 6.61 Å². The van der Waals surface area contributed by atoms with E-state index in [1.54, 1.807) is 17.5 Å². The largest absolute Gasteiger partial charge is 0.384 e. The maximum Gasteiger partial charge on any atom is 0.104 e. The van der Waals surface area contributed by atoms with E-state index >= 15 is 0 Å². The Bertz CT molecular complexity index is 569. The molecule has 0 aromatic carbocycles. The zero-order valence-electron chi connectivity index (χ0n) is 10.8. The molecule has 0 aliphatic heterocycles. The predicted octanol–water partition coefficient (Wildman–Crippen LogP) is 2.12. The van der Waals surface area contributed by atoms with E-state index in [1.807, 2.05) is 18.3 Å². The molecule has 2 aromatic rings. The molecule has 0 unspecified atom stereocenters. The average Bonchev–Trinajstić information content (AvgIpc) is 2.85. The quantitative estimate of drug-likeness (QED) is 0.866. The number of hydrogen-bond donors (Lipinski definition) is 1. The zero-order chi connectivity index (χ0) is 13.5. The Balaban J connectivity index is 1.92. The Hall–Kier alpha value is -1.67. The van der Waals surface area contributed by atoms with E-state index in [0.717, 1.165) is 18.0 Å². The second kappa shape index (κ2) is 7.05. The summed E-state index contributed by atoms with van der Waals surface area (Å²) in [4.78, 5) is 8.63. The standard InChI is InChI=1S/C15H16N2OS/c1-17(11-13-4-2-8-16-10-13)12-15-7-6-14(19-15)5-3-9-18/h2,4,6-8,10,18H,9,11-12H2,1H3. The molecule has 98 valence electrons. The van der Waals surface area contributed by atoms with Gasteiger partial charge in [-0.25, -0.2) is 0 Å². The van der Waals surface area contributed by atoms with Gasteiger partial charge in [0.2, 0.25) is 0 Å². The van der Waals surface area contributed by atoms with E-state index in [1.165, 1.54) is 10.4 Å². The van der Waals surface area contributed by atoms with Crippen LogP contribution in [0.15, 0.2) is 36.7 Å².